The lowest BCUT2D eigenvalue weighted by Crippen LogP contribution is -2.26. The zero-order chi connectivity index (χ0) is 15.2. The van der Waals surface area contributed by atoms with Gasteiger partial charge in [0.05, 0.1) is 17.3 Å². The number of anilines is 1. The van der Waals surface area contributed by atoms with Gasteiger partial charge in [0.15, 0.2) is 0 Å². The second-order valence-corrected chi connectivity index (χ2v) is 6.65. The maximum absolute atomic E-state index is 6.49. The standard InChI is InChI=1S/C17H23ClN2S/c1-3-14(19)11-13-7-5-9-16(18)17(13)20(4-2)12-15-8-6-10-21-15/h5-10,14H,3-4,11-12,19H2,1-2H3. The van der Waals surface area contributed by atoms with Crippen molar-refractivity contribution in [1.82, 2.24) is 0 Å². The SMILES string of the molecule is CCC(N)Cc1cccc(Cl)c1N(CC)Cc1cccs1. The van der Waals surface area contributed by atoms with Crippen molar-refractivity contribution in [3.63, 3.8) is 0 Å². The van der Waals surface area contributed by atoms with E-state index in [1.807, 2.05) is 12.1 Å². The Bertz CT molecular complexity index is 554. The normalized spacial score (nSPS) is 12.4. The Hall–Kier alpha value is -1.03. The molecule has 1 unspecified atom stereocenters. The van der Waals surface area contributed by atoms with Crippen LogP contribution in [0.4, 0.5) is 5.69 Å². The summed E-state index contributed by atoms with van der Waals surface area (Å²) >= 11 is 8.27. The van der Waals surface area contributed by atoms with Crippen LogP contribution in [0.2, 0.25) is 5.02 Å². The maximum atomic E-state index is 6.49. The van der Waals surface area contributed by atoms with Crippen LogP contribution in [0.5, 0.6) is 0 Å². The molecule has 2 N–H and O–H groups in total. The van der Waals surface area contributed by atoms with Gasteiger partial charge in [-0.2, -0.15) is 0 Å². The molecule has 0 saturated carbocycles. The van der Waals surface area contributed by atoms with Crippen LogP contribution in [0.15, 0.2) is 35.7 Å². The highest BCUT2D eigenvalue weighted by Crippen LogP contribution is 2.32. The zero-order valence-electron chi connectivity index (χ0n) is 12.7. The minimum absolute atomic E-state index is 0.183. The van der Waals surface area contributed by atoms with Crippen molar-refractivity contribution < 1.29 is 0 Å². The zero-order valence-corrected chi connectivity index (χ0v) is 14.3. The number of hydrogen-bond acceptors (Lipinski definition) is 3. The summed E-state index contributed by atoms with van der Waals surface area (Å²) in [5.74, 6) is 0. The highest BCUT2D eigenvalue weighted by molar-refractivity contribution is 7.09. The fraction of sp³-hybridized carbons (Fsp3) is 0.412. The molecule has 0 spiro atoms. The number of hydrogen-bond donors (Lipinski definition) is 1. The average Bonchev–Trinajstić information content (AvgIpc) is 2.98. The summed E-state index contributed by atoms with van der Waals surface area (Å²) < 4.78 is 0. The van der Waals surface area contributed by atoms with Crippen LogP contribution in [0.1, 0.15) is 30.7 Å². The van der Waals surface area contributed by atoms with E-state index in [-0.39, 0.29) is 6.04 Å². The minimum atomic E-state index is 0.183. The summed E-state index contributed by atoms with van der Waals surface area (Å²) in [6, 6.07) is 10.6. The van der Waals surface area contributed by atoms with Crippen LogP contribution in [-0.4, -0.2) is 12.6 Å². The van der Waals surface area contributed by atoms with Gasteiger partial charge in [0.2, 0.25) is 0 Å². The Morgan fingerprint density at radius 1 is 1.24 bits per heavy atom. The van der Waals surface area contributed by atoms with Crippen molar-refractivity contribution in [1.29, 1.82) is 0 Å². The van der Waals surface area contributed by atoms with Crippen LogP contribution < -0.4 is 10.6 Å². The lowest BCUT2D eigenvalue weighted by atomic mass is 10.0. The molecule has 114 valence electrons. The van der Waals surface area contributed by atoms with Crippen LogP contribution in [0.3, 0.4) is 0 Å². The third-order valence-electron chi connectivity index (χ3n) is 3.70. The minimum Gasteiger partial charge on any atom is -0.365 e. The van der Waals surface area contributed by atoms with Crippen molar-refractivity contribution in [3.8, 4) is 0 Å². The van der Waals surface area contributed by atoms with Crippen molar-refractivity contribution in [2.24, 2.45) is 5.73 Å². The first-order valence-corrected chi connectivity index (χ1v) is 8.71. The van der Waals surface area contributed by atoms with Gasteiger partial charge in [-0.1, -0.05) is 36.7 Å². The lowest BCUT2D eigenvalue weighted by molar-refractivity contribution is 0.644. The first kappa shape index (κ1) is 16.3. The number of nitrogens with zero attached hydrogens (tertiary/aromatic N) is 1. The van der Waals surface area contributed by atoms with E-state index in [0.29, 0.717) is 0 Å². The van der Waals surface area contributed by atoms with E-state index < -0.39 is 0 Å². The van der Waals surface area contributed by atoms with E-state index in [1.165, 1.54) is 10.4 Å². The van der Waals surface area contributed by atoms with Crippen LogP contribution in [0.25, 0.3) is 0 Å². The Kier molecular flexibility index (Phi) is 6.09. The molecule has 0 fully saturated rings. The van der Waals surface area contributed by atoms with E-state index in [2.05, 4.69) is 42.3 Å². The molecule has 4 heteroatoms. The lowest BCUT2D eigenvalue weighted by Gasteiger charge is -2.27. The largest absolute Gasteiger partial charge is 0.365 e. The van der Waals surface area contributed by atoms with Crippen molar-refractivity contribution in [2.45, 2.75) is 39.3 Å². The van der Waals surface area contributed by atoms with Gasteiger partial charge in [-0.15, -0.1) is 11.3 Å². The fourth-order valence-electron chi connectivity index (χ4n) is 2.45. The van der Waals surface area contributed by atoms with E-state index in [9.17, 15) is 0 Å². The van der Waals surface area contributed by atoms with Gasteiger partial charge >= 0.3 is 0 Å². The summed E-state index contributed by atoms with van der Waals surface area (Å²) in [6.07, 6.45) is 1.84. The van der Waals surface area contributed by atoms with E-state index in [1.54, 1.807) is 11.3 Å². The molecule has 1 heterocycles. The van der Waals surface area contributed by atoms with Gasteiger partial charge in [-0.3, -0.25) is 0 Å². The maximum Gasteiger partial charge on any atom is 0.0642 e. The van der Waals surface area contributed by atoms with Crippen molar-refractivity contribution >= 4 is 28.6 Å². The number of halogens is 1. The van der Waals surface area contributed by atoms with Gasteiger partial charge in [-0.05, 0) is 42.8 Å². The number of benzene rings is 1. The summed E-state index contributed by atoms with van der Waals surface area (Å²) in [7, 11) is 0. The second-order valence-electron chi connectivity index (χ2n) is 5.21. The Morgan fingerprint density at radius 3 is 2.67 bits per heavy atom. The molecule has 0 bridgehead atoms. The van der Waals surface area contributed by atoms with Gasteiger partial charge in [0.1, 0.15) is 0 Å². The van der Waals surface area contributed by atoms with Crippen molar-refractivity contribution in [3.05, 3.63) is 51.2 Å². The molecule has 0 amide bonds. The smallest absolute Gasteiger partial charge is 0.0642 e. The third-order valence-corrected chi connectivity index (χ3v) is 4.87. The van der Waals surface area contributed by atoms with E-state index in [4.69, 9.17) is 17.3 Å². The first-order valence-electron chi connectivity index (χ1n) is 7.46. The average molecular weight is 323 g/mol. The molecule has 0 aliphatic carbocycles. The molecule has 2 nitrogen and oxygen atoms in total. The van der Waals surface area contributed by atoms with Crippen molar-refractivity contribution in [2.75, 3.05) is 11.4 Å². The van der Waals surface area contributed by atoms with Crippen LogP contribution in [-0.2, 0) is 13.0 Å². The number of para-hydroxylation sites is 1. The molecule has 1 atom stereocenters. The Morgan fingerprint density at radius 2 is 2.05 bits per heavy atom. The molecule has 2 rings (SSSR count). The summed E-state index contributed by atoms with van der Waals surface area (Å²) in [5.41, 5.74) is 8.53. The van der Waals surface area contributed by atoms with Crippen LogP contribution >= 0.6 is 22.9 Å². The third kappa shape index (κ3) is 4.22. The Labute approximate surface area is 136 Å². The number of rotatable bonds is 7. The van der Waals surface area contributed by atoms with E-state index in [0.717, 1.165) is 36.6 Å². The monoisotopic (exact) mass is 322 g/mol. The first-order chi connectivity index (χ1) is 10.2. The quantitative estimate of drug-likeness (QED) is 0.800. The van der Waals surface area contributed by atoms with Gasteiger partial charge in [0.25, 0.3) is 0 Å². The summed E-state index contributed by atoms with van der Waals surface area (Å²) in [5, 5.41) is 2.93. The highest BCUT2D eigenvalue weighted by atomic mass is 35.5. The fourth-order valence-corrected chi connectivity index (χ4v) is 3.48. The number of thiophene rings is 1. The van der Waals surface area contributed by atoms with Gasteiger partial charge < -0.3 is 10.6 Å². The van der Waals surface area contributed by atoms with Gasteiger partial charge in [-0.25, -0.2) is 0 Å². The number of nitrogens with two attached hydrogens (primary N) is 1. The van der Waals surface area contributed by atoms with Crippen LogP contribution in [0, 0.1) is 0 Å². The molecule has 2 aromatic rings. The molecule has 0 saturated heterocycles. The van der Waals surface area contributed by atoms with Gasteiger partial charge in [0, 0.05) is 17.5 Å². The van der Waals surface area contributed by atoms with E-state index >= 15 is 0 Å². The molecule has 1 aromatic carbocycles. The highest BCUT2D eigenvalue weighted by Gasteiger charge is 2.16. The molecule has 21 heavy (non-hydrogen) atoms. The summed E-state index contributed by atoms with van der Waals surface area (Å²) in [4.78, 5) is 3.69. The second kappa shape index (κ2) is 7.83. The topological polar surface area (TPSA) is 29.3 Å². The summed E-state index contributed by atoms with van der Waals surface area (Å²) in [6.45, 7) is 6.11. The molecular weight excluding hydrogens is 300 g/mol. The Balaban J connectivity index is 2.30. The molecule has 0 aliphatic heterocycles. The predicted molar refractivity (Wildman–Crippen MR) is 94.5 cm³/mol. The molecule has 0 aliphatic rings. The molecule has 1 aromatic heterocycles. The molecule has 0 radical (unpaired) electrons. The molecular formula is C17H23ClN2S. The predicted octanol–water partition coefficient (Wildman–Crippen LogP) is 4.71.